The van der Waals surface area contributed by atoms with E-state index in [1.165, 1.54) is 29.1 Å². The van der Waals surface area contributed by atoms with Crippen molar-refractivity contribution in [1.29, 1.82) is 0 Å². The Kier molecular flexibility index (Phi) is 12.0. The number of fused-ring (bicyclic) bond motifs is 1. The van der Waals surface area contributed by atoms with Crippen molar-refractivity contribution in [1.82, 2.24) is 39.6 Å². The highest BCUT2D eigenvalue weighted by molar-refractivity contribution is 5.98. The minimum absolute atomic E-state index is 0.0380. The second-order valence-corrected chi connectivity index (χ2v) is 13.2. The molecule has 1 amide bonds. The molecule has 2 aromatic heterocycles. The number of ketones is 1. The minimum Gasteiger partial charge on any atom is -0.496 e. The molecule has 286 valence electrons. The number of Topliss-reactive ketones (excluding diaryl/α,β-unsaturated/α-hetero) is 1. The number of imidazole rings is 1. The molecule has 1 fully saturated rings. The largest absolute Gasteiger partial charge is 0.496 e. The number of aromatic nitrogens is 6. The molecule has 5 aromatic rings. The lowest BCUT2D eigenvalue weighted by atomic mass is 9.90. The number of halogens is 5. The molecule has 1 saturated heterocycles. The Balaban J connectivity index is 1.11. The Bertz CT molecular complexity index is 2070. The van der Waals surface area contributed by atoms with Crippen LogP contribution in [0.5, 0.6) is 5.75 Å². The molecule has 1 unspecified atom stereocenters. The van der Waals surface area contributed by atoms with Crippen molar-refractivity contribution < 1.29 is 41.0 Å². The normalized spacial score (nSPS) is 14.7. The van der Waals surface area contributed by atoms with E-state index in [4.69, 9.17) is 9.47 Å². The van der Waals surface area contributed by atoms with E-state index in [2.05, 4.69) is 25.4 Å². The van der Waals surface area contributed by atoms with Crippen LogP contribution in [0.15, 0.2) is 67.0 Å². The van der Waals surface area contributed by atoms with Crippen molar-refractivity contribution in [3.05, 3.63) is 95.6 Å². The maximum atomic E-state index is 14.5. The van der Waals surface area contributed by atoms with E-state index >= 15 is 0 Å². The fourth-order valence-corrected chi connectivity index (χ4v) is 6.81. The molecule has 3 heterocycles. The number of hydrogen-bond donors (Lipinski definition) is 0. The summed E-state index contributed by atoms with van der Waals surface area (Å²) in [4.78, 5) is 35.8. The third kappa shape index (κ3) is 9.07. The maximum absolute atomic E-state index is 14.5. The van der Waals surface area contributed by atoms with Gasteiger partial charge in [-0.2, -0.15) is 13.2 Å². The standard InChI is InChI=1S/C37H39F5N8O4/c1-47(36(52)28-20-27(8-10-33(28)53-2)50-23-43-45-46-50)21-26(25-7-9-29(38)30(39)19-25)13-16-48-14-11-24(12-15-48)34(51)35-44-31-5-3-4-6-32(31)49(35)17-18-54-22-37(40,41)42/h3-10,19-20,23-24,26H,11-18,21-22H2,1-2H3. The molecule has 0 N–H and O–H groups in total. The smallest absolute Gasteiger partial charge is 0.411 e. The summed E-state index contributed by atoms with van der Waals surface area (Å²) in [6, 6.07) is 15.8. The van der Waals surface area contributed by atoms with Gasteiger partial charge in [-0.05, 0) is 97.4 Å². The number of nitrogens with zero attached hydrogens (tertiary/aromatic N) is 8. The number of hydrogen-bond acceptors (Lipinski definition) is 9. The Morgan fingerprint density at radius 1 is 1.00 bits per heavy atom. The number of tetrazole rings is 1. The zero-order chi connectivity index (χ0) is 38.4. The first kappa shape index (κ1) is 38.4. The van der Waals surface area contributed by atoms with Crippen molar-refractivity contribution >= 4 is 22.7 Å². The molecule has 0 radical (unpaired) electrons. The number of carbonyl (C=O) groups excluding carboxylic acids is 2. The summed E-state index contributed by atoms with van der Waals surface area (Å²) in [7, 11) is 3.09. The molecule has 0 spiro atoms. The van der Waals surface area contributed by atoms with Gasteiger partial charge in [0.05, 0.1) is 36.0 Å². The molecule has 1 aliphatic heterocycles. The average Bonchev–Trinajstić information content (AvgIpc) is 3.84. The summed E-state index contributed by atoms with van der Waals surface area (Å²) in [6.07, 6.45) is -1.51. The van der Waals surface area contributed by atoms with Crippen molar-refractivity contribution in [2.45, 2.75) is 37.9 Å². The minimum atomic E-state index is -4.45. The fourth-order valence-electron chi connectivity index (χ4n) is 6.81. The Morgan fingerprint density at radius 3 is 2.48 bits per heavy atom. The summed E-state index contributed by atoms with van der Waals surface area (Å²) < 4.78 is 79.7. The number of likely N-dealkylation sites (N-methyl/N-ethyl adjacent to an activating group) is 1. The van der Waals surface area contributed by atoms with Crippen LogP contribution in [-0.2, 0) is 11.3 Å². The van der Waals surface area contributed by atoms with Crippen LogP contribution < -0.4 is 4.74 Å². The lowest BCUT2D eigenvalue weighted by Gasteiger charge is -2.33. The number of para-hydroxylation sites is 2. The molecule has 17 heteroatoms. The molecule has 6 rings (SSSR count). The van der Waals surface area contributed by atoms with E-state index in [0.29, 0.717) is 66.9 Å². The Morgan fingerprint density at radius 2 is 1.78 bits per heavy atom. The van der Waals surface area contributed by atoms with Gasteiger partial charge in [0.2, 0.25) is 5.78 Å². The van der Waals surface area contributed by atoms with Crippen LogP contribution in [0.3, 0.4) is 0 Å². The molecule has 0 saturated carbocycles. The van der Waals surface area contributed by atoms with Crippen LogP contribution in [0.4, 0.5) is 22.0 Å². The maximum Gasteiger partial charge on any atom is 0.411 e. The summed E-state index contributed by atoms with van der Waals surface area (Å²) >= 11 is 0. The summed E-state index contributed by atoms with van der Waals surface area (Å²) in [5.74, 6) is -2.68. The Hall–Kier alpha value is -5.29. The summed E-state index contributed by atoms with van der Waals surface area (Å²) in [5.41, 5.74) is 2.56. The van der Waals surface area contributed by atoms with Crippen LogP contribution >= 0.6 is 0 Å². The molecule has 0 aliphatic carbocycles. The van der Waals surface area contributed by atoms with Gasteiger partial charge in [-0.3, -0.25) is 9.59 Å². The predicted octanol–water partition coefficient (Wildman–Crippen LogP) is 5.72. The molecule has 1 aliphatic rings. The van der Waals surface area contributed by atoms with E-state index in [-0.39, 0.29) is 54.6 Å². The van der Waals surface area contributed by atoms with E-state index in [1.807, 2.05) is 0 Å². The quantitative estimate of drug-likeness (QED) is 0.0752. The number of methoxy groups -OCH3 is 1. The first-order chi connectivity index (χ1) is 25.9. The fraction of sp³-hybridized carbons (Fsp3) is 0.405. The lowest BCUT2D eigenvalue weighted by molar-refractivity contribution is -0.174. The van der Waals surface area contributed by atoms with Crippen LogP contribution in [0.1, 0.15) is 51.7 Å². The van der Waals surface area contributed by atoms with Crippen LogP contribution in [-0.4, -0.2) is 111 Å². The number of benzene rings is 3. The number of amides is 1. The number of piperidine rings is 1. The van der Waals surface area contributed by atoms with Gasteiger partial charge in [-0.15, -0.1) is 5.10 Å². The average molecular weight is 755 g/mol. The number of rotatable bonds is 15. The van der Waals surface area contributed by atoms with E-state index < -0.39 is 24.4 Å². The number of ether oxygens (including phenoxy) is 2. The van der Waals surface area contributed by atoms with Crippen molar-refractivity contribution in [3.63, 3.8) is 0 Å². The topological polar surface area (TPSA) is 120 Å². The van der Waals surface area contributed by atoms with E-state index in [9.17, 15) is 31.5 Å². The second kappa shape index (κ2) is 16.8. The highest BCUT2D eigenvalue weighted by Gasteiger charge is 2.31. The molecule has 54 heavy (non-hydrogen) atoms. The van der Waals surface area contributed by atoms with Gasteiger partial charge in [-0.25, -0.2) is 18.4 Å². The SMILES string of the molecule is COc1ccc(-n2cnnn2)cc1C(=O)N(C)CC(CCN1CCC(C(=O)c2nc3ccccc3n2CCOCC(F)(F)F)CC1)c1ccc(F)c(F)c1. The summed E-state index contributed by atoms with van der Waals surface area (Å²) in [5, 5.41) is 11.2. The van der Waals surface area contributed by atoms with Gasteiger partial charge >= 0.3 is 6.18 Å². The van der Waals surface area contributed by atoms with E-state index in [1.54, 1.807) is 54.1 Å². The van der Waals surface area contributed by atoms with Gasteiger partial charge < -0.3 is 23.8 Å². The van der Waals surface area contributed by atoms with Crippen LogP contribution in [0.2, 0.25) is 0 Å². The monoisotopic (exact) mass is 754 g/mol. The van der Waals surface area contributed by atoms with E-state index in [0.717, 1.165) is 12.1 Å². The molecular formula is C37H39F5N8O4. The van der Waals surface area contributed by atoms with Gasteiger partial charge in [0.25, 0.3) is 5.91 Å². The van der Waals surface area contributed by atoms with Crippen molar-refractivity contribution in [3.8, 4) is 11.4 Å². The number of likely N-dealkylation sites (tertiary alicyclic amines) is 1. The highest BCUT2D eigenvalue weighted by atomic mass is 19.4. The molecule has 12 nitrogen and oxygen atoms in total. The molecule has 3 aromatic carbocycles. The first-order valence-electron chi connectivity index (χ1n) is 17.4. The van der Waals surface area contributed by atoms with Crippen LogP contribution in [0.25, 0.3) is 16.7 Å². The third-order valence-corrected chi connectivity index (χ3v) is 9.64. The predicted molar refractivity (Wildman–Crippen MR) is 186 cm³/mol. The van der Waals surface area contributed by atoms with Crippen LogP contribution in [0, 0.1) is 17.6 Å². The Labute approximate surface area is 307 Å². The molecule has 1 atom stereocenters. The van der Waals surface area contributed by atoms with Crippen molar-refractivity contribution in [2.24, 2.45) is 5.92 Å². The van der Waals surface area contributed by atoms with Crippen molar-refractivity contribution in [2.75, 3.05) is 53.6 Å². The number of carbonyl (C=O) groups is 2. The third-order valence-electron chi connectivity index (χ3n) is 9.64. The first-order valence-corrected chi connectivity index (χ1v) is 17.4. The number of alkyl halides is 3. The highest BCUT2D eigenvalue weighted by Crippen LogP contribution is 2.29. The second-order valence-electron chi connectivity index (χ2n) is 13.2. The molecule has 0 bridgehead atoms. The zero-order valence-corrected chi connectivity index (χ0v) is 29.7. The molecular weight excluding hydrogens is 715 g/mol. The van der Waals surface area contributed by atoms with Gasteiger partial charge in [0.1, 0.15) is 18.7 Å². The van der Waals surface area contributed by atoms with Gasteiger partial charge in [0, 0.05) is 32.0 Å². The lowest BCUT2D eigenvalue weighted by Crippen LogP contribution is -2.39. The van der Waals surface area contributed by atoms with Gasteiger partial charge in [0.15, 0.2) is 17.5 Å². The van der Waals surface area contributed by atoms with Gasteiger partial charge in [-0.1, -0.05) is 18.2 Å². The summed E-state index contributed by atoms with van der Waals surface area (Å²) in [6.45, 7) is 0.309. The zero-order valence-electron chi connectivity index (χ0n) is 29.7.